The molecular formula is C11H15BrIN3O. The molecule has 0 saturated carbocycles. The minimum atomic E-state index is 0. The Morgan fingerprint density at radius 2 is 2.29 bits per heavy atom. The van der Waals surface area contributed by atoms with Crippen LogP contribution in [0.1, 0.15) is 5.56 Å². The van der Waals surface area contributed by atoms with Crippen molar-refractivity contribution in [1.82, 2.24) is 5.32 Å². The highest BCUT2D eigenvalue weighted by atomic mass is 127. The van der Waals surface area contributed by atoms with E-state index < -0.39 is 0 Å². The van der Waals surface area contributed by atoms with E-state index in [1.54, 1.807) is 24.3 Å². The summed E-state index contributed by atoms with van der Waals surface area (Å²) in [6.07, 6.45) is 1.71. The van der Waals surface area contributed by atoms with E-state index in [1.165, 1.54) is 0 Å². The van der Waals surface area contributed by atoms with Crippen LogP contribution in [0.15, 0.2) is 40.3 Å². The van der Waals surface area contributed by atoms with Gasteiger partial charge in [0.25, 0.3) is 0 Å². The Morgan fingerprint density at radius 3 is 2.88 bits per heavy atom. The number of nitrogens with one attached hydrogen (secondary N) is 1. The van der Waals surface area contributed by atoms with Gasteiger partial charge in [-0.2, -0.15) is 0 Å². The third kappa shape index (κ3) is 5.92. The summed E-state index contributed by atoms with van der Waals surface area (Å²) in [7, 11) is 0. The molecule has 0 saturated heterocycles. The highest BCUT2D eigenvalue weighted by Crippen LogP contribution is 2.24. The number of hydrogen-bond acceptors (Lipinski definition) is 2. The fraction of sp³-hybridized carbons (Fsp3) is 0.182. The first-order valence-electron chi connectivity index (χ1n) is 4.75. The zero-order valence-electron chi connectivity index (χ0n) is 9.19. The number of halogens is 2. The maximum Gasteiger partial charge on any atom is 0.189 e. The molecule has 0 spiro atoms. The molecule has 1 aromatic rings. The van der Waals surface area contributed by atoms with Crippen molar-refractivity contribution in [3.63, 3.8) is 0 Å². The highest BCUT2D eigenvalue weighted by molar-refractivity contribution is 14.0. The number of nitrogens with zero attached hydrogens (tertiary/aromatic N) is 1. The molecule has 0 aromatic heterocycles. The molecule has 0 fully saturated rings. The van der Waals surface area contributed by atoms with Gasteiger partial charge in [-0.25, -0.2) is 4.99 Å². The molecule has 94 valence electrons. The molecule has 0 aliphatic carbocycles. The molecule has 0 radical (unpaired) electrons. The Balaban J connectivity index is 0.00000256. The van der Waals surface area contributed by atoms with E-state index in [0.29, 0.717) is 23.5 Å². The first-order valence-corrected chi connectivity index (χ1v) is 5.55. The van der Waals surface area contributed by atoms with Crippen molar-refractivity contribution in [3.05, 3.63) is 40.9 Å². The van der Waals surface area contributed by atoms with Gasteiger partial charge in [0.2, 0.25) is 0 Å². The summed E-state index contributed by atoms with van der Waals surface area (Å²) in [5.41, 5.74) is 6.57. The van der Waals surface area contributed by atoms with Crippen LogP contribution in [0.5, 0.6) is 5.75 Å². The summed E-state index contributed by atoms with van der Waals surface area (Å²) in [6.45, 7) is 4.62. The molecule has 0 heterocycles. The second-order valence-electron chi connectivity index (χ2n) is 3.16. The van der Waals surface area contributed by atoms with Gasteiger partial charge in [0.1, 0.15) is 5.75 Å². The molecule has 4 N–H and O–H groups in total. The molecule has 4 nitrogen and oxygen atoms in total. The first-order chi connectivity index (χ1) is 7.63. The van der Waals surface area contributed by atoms with Crippen LogP contribution < -0.4 is 11.1 Å². The van der Waals surface area contributed by atoms with Gasteiger partial charge >= 0.3 is 0 Å². The van der Waals surface area contributed by atoms with E-state index in [4.69, 9.17) is 5.73 Å². The third-order valence-electron chi connectivity index (χ3n) is 1.87. The highest BCUT2D eigenvalue weighted by Gasteiger charge is 1.99. The van der Waals surface area contributed by atoms with E-state index in [2.05, 4.69) is 32.8 Å². The molecule has 0 unspecified atom stereocenters. The number of nitrogens with two attached hydrogens (primary N) is 1. The van der Waals surface area contributed by atoms with Gasteiger partial charge in [-0.1, -0.05) is 12.1 Å². The standard InChI is InChI=1S/C11H14BrN3O.HI/c1-2-5-14-11(13)15-7-8-3-4-10(16)9(12)6-8;/h2-4,6,16H,1,5,7H2,(H3,13,14,15);1H. The molecular weight excluding hydrogens is 397 g/mol. The van der Waals surface area contributed by atoms with Crippen molar-refractivity contribution in [2.45, 2.75) is 6.54 Å². The predicted molar refractivity (Wildman–Crippen MR) is 84.7 cm³/mol. The summed E-state index contributed by atoms with van der Waals surface area (Å²) in [5.74, 6) is 0.592. The van der Waals surface area contributed by atoms with Gasteiger partial charge in [0.05, 0.1) is 11.0 Å². The molecule has 17 heavy (non-hydrogen) atoms. The zero-order chi connectivity index (χ0) is 12.0. The van der Waals surface area contributed by atoms with Gasteiger partial charge < -0.3 is 16.2 Å². The van der Waals surface area contributed by atoms with Crippen LogP contribution in [-0.4, -0.2) is 17.6 Å². The number of phenols is 1. The van der Waals surface area contributed by atoms with E-state index in [9.17, 15) is 5.11 Å². The number of benzene rings is 1. The van der Waals surface area contributed by atoms with Crippen LogP contribution in [-0.2, 0) is 6.54 Å². The molecule has 1 aromatic carbocycles. The Hall–Kier alpha value is -0.760. The van der Waals surface area contributed by atoms with Crippen molar-refractivity contribution in [2.24, 2.45) is 10.7 Å². The lowest BCUT2D eigenvalue weighted by atomic mass is 10.2. The fourth-order valence-electron chi connectivity index (χ4n) is 1.06. The molecule has 0 bridgehead atoms. The second kappa shape index (κ2) is 8.35. The predicted octanol–water partition coefficient (Wildman–Crippen LogP) is 2.36. The second-order valence-corrected chi connectivity index (χ2v) is 4.01. The van der Waals surface area contributed by atoms with Crippen LogP contribution in [0.3, 0.4) is 0 Å². The largest absolute Gasteiger partial charge is 0.507 e. The van der Waals surface area contributed by atoms with Crippen LogP contribution in [0.4, 0.5) is 0 Å². The van der Waals surface area contributed by atoms with E-state index in [1.807, 2.05) is 0 Å². The Bertz CT molecular complexity index is 410. The molecule has 0 aliphatic heterocycles. The van der Waals surface area contributed by atoms with Gasteiger partial charge in [0.15, 0.2) is 5.96 Å². The first kappa shape index (κ1) is 16.2. The van der Waals surface area contributed by atoms with Crippen molar-refractivity contribution in [2.75, 3.05) is 6.54 Å². The van der Waals surface area contributed by atoms with Crippen LogP contribution in [0.2, 0.25) is 0 Å². The molecule has 0 atom stereocenters. The SMILES string of the molecule is C=CCNC(N)=NCc1ccc(O)c(Br)c1.I. The normalized spacial score (nSPS) is 10.5. The minimum Gasteiger partial charge on any atom is -0.507 e. The monoisotopic (exact) mass is 411 g/mol. The number of aliphatic imine (C=N–C) groups is 1. The molecule has 6 heteroatoms. The average Bonchev–Trinajstić information content (AvgIpc) is 2.28. The smallest absolute Gasteiger partial charge is 0.189 e. The summed E-state index contributed by atoms with van der Waals surface area (Å²) in [4.78, 5) is 4.14. The van der Waals surface area contributed by atoms with Gasteiger partial charge in [0, 0.05) is 6.54 Å². The summed E-state index contributed by atoms with van der Waals surface area (Å²) in [5, 5.41) is 12.2. The zero-order valence-corrected chi connectivity index (χ0v) is 13.1. The quantitative estimate of drug-likeness (QED) is 0.308. The lowest BCUT2D eigenvalue weighted by Crippen LogP contribution is -2.31. The molecule has 0 aliphatic rings. The van der Waals surface area contributed by atoms with Crippen LogP contribution >= 0.6 is 39.9 Å². The van der Waals surface area contributed by atoms with Crippen molar-refractivity contribution in [3.8, 4) is 5.75 Å². The maximum atomic E-state index is 9.31. The lowest BCUT2D eigenvalue weighted by molar-refractivity contribution is 0.471. The molecule has 1 rings (SSSR count). The van der Waals surface area contributed by atoms with Gasteiger partial charge in [-0.3, -0.25) is 0 Å². The summed E-state index contributed by atoms with van der Waals surface area (Å²) in [6, 6.07) is 5.21. The van der Waals surface area contributed by atoms with Crippen molar-refractivity contribution < 1.29 is 5.11 Å². The number of rotatable bonds is 4. The van der Waals surface area contributed by atoms with Crippen LogP contribution in [0.25, 0.3) is 0 Å². The maximum absolute atomic E-state index is 9.31. The Labute approximate surface area is 126 Å². The van der Waals surface area contributed by atoms with Crippen LogP contribution in [0, 0.1) is 0 Å². The number of phenolic OH excluding ortho intramolecular Hbond substituents is 1. The number of hydrogen-bond donors (Lipinski definition) is 3. The topological polar surface area (TPSA) is 70.6 Å². The van der Waals surface area contributed by atoms with E-state index in [0.717, 1.165) is 5.56 Å². The van der Waals surface area contributed by atoms with E-state index >= 15 is 0 Å². The minimum absolute atomic E-state index is 0. The number of guanidine groups is 1. The van der Waals surface area contributed by atoms with Gasteiger partial charge in [-0.05, 0) is 33.6 Å². The number of aromatic hydroxyl groups is 1. The van der Waals surface area contributed by atoms with Crippen molar-refractivity contribution in [1.29, 1.82) is 0 Å². The summed E-state index contributed by atoms with van der Waals surface area (Å²) < 4.78 is 0.651. The Kier molecular flexibility index (Phi) is 7.98. The third-order valence-corrected chi connectivity index (χ3v) is 2.51. The van der Waals surface area contributed by atoms with E-state index in [-0.39, 0.29) is 29.7 Å². The van der Waals surface area contributed by atoms with Crippen molar-refractivity contribution >= 4 is 45.9 Å². The fourth-order valence-corrected chi connectivity index (χ4v) is 1.48. The molecule has 0 amide bonds. The lowest BCUT2D eigenvalue weighted by Gasteiger charge is -2.03. The average molecular weight is 412 g/mol. The Morgan fingerprint density at radius 1 is 1.59 bits per heavy atom. The summed E-state index contributed by atoms with van der Waals surface area (Å²) >= 11 is 3.24. The van der Waals surface area contributed by atoms with Gasteiger partial charge in [-0.15, -0.1) is 30.6 Å².